The van der Waals surface area contributed by atoms with Gasteiger partial charge < -0.3 is 14.7 Å². The second kappa shape index (κ2) is 7.40. The highest BCUT2D eigenvalue weighted by atomic mass is 35.5. The fourth-order valence-electron chi connectivity index (χ4n) is 2.97. The molecular formula is C16H21ClFNO3. The minimum Gasteiger partial charge on any atom is -0.396 e. The molecule has 4 nitrogen and oxygen atoms in total. The Balaban J connectivity index is 2.15. The van der Waals surface area contributed by atoms with Crippen molar-refractivity contribution in [1.29, 1.82) is 0 Å². The Kier molecular flexibility index (Phi) is 5.78. The lowest BCUT2D eigenvalue weighted by Crippen LogP contribution is -2.48. The molecular weight excluding hydrogens is 309 g/mol. The van der Waals surface area contributed by atoms with Gasteiger partial charge in [-0.2, -0.15) is 0 Å². The summed E-state index contributed by atoms with van der Waals surface area (Å²) in [5.74, 6) is -0.781. The standard InChI is InChI=1S/C16H21ClFNO3/c1-22-6-4-16(11-20)3-2-5-19(10-16)15(21)12-7-13(17)9-14(18)8-12/h7-9,20H,2-6,10-11H2,1H3/t16-/m1/s1. The first-order chi connectivity index (χ1) is 10.5. The third kappa shape index (κ3) is 3.97. The number of hydrogen-bond donors (Lipinski definition) is 1. The van der Waals surface area contributed by atoms with Crippen molar-refractivity contribution in [3.8, 4) is 0 Å². The Morgan fingerprint density at radius 2 is 2.27 bits per heavy atom. The van der Waals surface area contributed by atoms with Gasteiger partial charge >= 0.3 is 0 Å². The smallest absolute Gasteiger partial charge is 0.254 e. The third-order valence-corrected chi connectivity index (χ3v) is 4.45. The number of methoxy groups -OCH3 is 1. The van der Waals surface area contributed by atoms with Gasteiger partial charge in [0.15, 0.2) is 0 Å². The zero-order valence-electron chi connectivity index (χ0n) is 12.6. The van der Waals surface area contributed by atoms with Crippen LogP contribution in [-0.2, 0) is 4.74 Å². The van der Waals surface area contributed by atoms with Crippen LogP contribution < -0.4 is 0 Å². The predicted molar refractivity (Wildman–Crippen MR) is 82.6 cm³/mol. The zero-order valence-corrected chi connectivity index (χ0v) is 13.4. The molecule has 1 aliphatic heterocycles. The maximum atomic E-state index is 13.4. The number of likely N-dealkylation sites (tertiary alicyclic amines) is 1. The van der Waals surface area contributed by atoms with E-state index in [1.54, 1.807) is 12.0 Å². The number of benzene rings is 1. The maximum Gasteiger partial charge on any atom is 0.254 e. The van der Waals surface area contributed by atoms with E-state index in [2.05, 4.69) is 0 Å². The molecule has 0 aromatic heterocycles. The van der Waals surface area contributed by atoms with Crippen molar-refractivity contribution in [2.24, 2.45) is 5.41 Å². The lowest BCUT2D eigenvalue weighted by atomic mass is 9.78. The van der Waals surface area contributed by atoms with Crippen molar-refractivity contribution in [2.75, 3.05) is 33.4 Å². The molecule has 1 amide bonds. The van der Waals surface area contributed by atoms with Crippen molar-refractivity contribution in [3.63, 3.8) is 0 Å². The van der Waals surface area contributed by atoms with Crippen LogP contribution in [0.25, 0.3) is 0 Å². The summed E-state index contributed by atoms with van der Waals surface area (Å²) in [6, 6.07) is 3.83. The average molecular weight is 330 g/mol. The highest BCUT2D eigenvalue weighted by molar-refractivity contribution is 6.31. The van der Waals surface area contributed by atoms with Crippen molar-refractivity contribution >= 4 is 17.5 Å². The molecule has 2 rings (SSSR count). The number of rotatable bonds is 5. The molecule has 1 saturated heterocycles. The van der Waals surface area contributed by atoms with Gasteiger partial charge in [-0.25, -0.2) is 4.39 Å². The van der Waals surface area contributed by atoms with E-state index in [0.29, 0.717) is 26.1 Å². The molecule has 0 spiro atoms. The largest absolute Gasteiger partial charge is 0.396 e. The van der Waals surface area contributed by atoms with E-state index >= 15 is 0 Å². The van der Waals surface area contributed by atoms with E-state index in [1.807, 2.05) is 0 Å². The van der Waals surface area contributed by atoms with Crippen LogP contribution in [0.3, 0.4) is 0 Å². The summed E-state index contributed by atoms with van der Waals surface area (Å²) >= 11 is 5.82. The summed E-state index contributed by atoms with van der Waals surface area (Å²) < 4.78 is 18.5. The van der Waals surface area contributed by atoms with Crippen LogP contribution >= 0.6 is 11.6 Å². The van der Waals surface area contributed by atoms with Gasteiger partial charge in [-0.15, -0.1) is 0 Å². The van der Waals surface area contributed by atoms with Crippen molar-refractivity contribution in [2.45, 2.75) is 19.3 Å². The van der Waals surface area contributed by atoms with E-state index in [4.69, 9.17) is 16.3 Å². The first-order valence-corrected chi connectivity index (χ1v) is 7.73. The average Bonchev–Trinajstić information content (AvgIpc) is 2.51. The van der Waals surface area contributed by atoms with Crippen molar-refractivity contribution in [1.82, 2.24) is 4.90 Å². The molecule has 1 heterocycles. The van der Waals surface area contributed by atoms with Gasteiger partial charge in [-0.05, 0) is 37.5 Å². The number of ether oxygens (including phenoxy) is 1. The van der Waals surface area contributed by atoms with Gasteiger partial charge in [-0.1, -0.05) is 11.6 Å². The number of piperidine rings is 1. The lowest BCUT2D eigenvalue weighted by molar-refractivity contribution is 0.00897. The van der Waals surface area contributed by atoms with Crippen molar-refractivity contribution in [3.05, 3.63) is 34.6 Å². The number of nitrogens with zero attached hydrogens (tertiary/aromatic N) is 1. The molecule has 6 heteroatoms. The summed E-state index contributed by atoms with van der Waals surface area (Å²) in [6.07, 6.45) is 2.34. The second-order valence-corrected chi connectivity index (χ2v) is 6.33. The number of aliphatic hydroxyl groups is 1. The summed E-state index contributed by atoms with van der Waals surface area (Å²) in [5.41, 5.74) is -0.105. The minimum atomic E-state index is -0.527. The molecule has 1 N–H and O–H groups in total. The summed E-state index contributed by atoms with van der Waals surface area (Å²) in [5, 5.41) is 9.95. The number of halogens is 2. The molecule has 1 atom stereocenters. The van der Waals surface area contributed by atoms with Gasteiger partial charge in [0.25, 0.3) is 5.91 Å². The van der Waals surface area contributed by atoms with Crippen LogP contribution in [0.1, 0.15) is 29.6 Å². The van der Waals surface area contributed by atoms with Crippen LogP contribution in [0.5, 0.6) is 0 Å². The van der Waals surface area contributed by atoms with Gasteiger partial charge in [0, 0.05) is 42.8 Å². The maximum absolute atomic E-state index is 13.4. The molecule has 0 bridgehead atoms. The van der Waals surface area contributed by atoms with Crippen LogP contribution in [-0.4, -0.2) is 49.3 Å². The number of carbonyl (C=O) groups excluding carboxylic acids is 1. The molecule has 0 saturated carbocycles. The summed E-state index contributed by atoms with van der Waals surface area (Å²) in [7, 11) is 1.62. The van der Waals surface area contributed by atoms with E-state index in [1.165, 1.54) is 18.2 Å². The third-order valence-electron chi connectivity index (χ3n) is 4.23. The first-order valence-electron chi connectivity index (χ1n) is 7.35. The molecule has 0 aliphatic carbocycles. The number of carbonyl (C=O) groups is 1. The van der Waals surface area contributed by atoms with Gasteiger partial charge in [0.2, 0.25) is 0 Å². The van der Waals surface area contributed by atoms with Crippen molar-refractivity contribution < 1.29 is 19.0 Å². The highest BCUT2D eigenvalue weighted by Gasteiger charge is 2.36. The van der Waals surface area contributed by atoms with Crippen LogP contribution in [0.15, 0.2) is 18.2 Å². The molecule has 1 fully saturated rings. The van der Waals surface area contributed by atoms with E-state index in [0.717, 1.165) is 12.8 Å². The van der Waals surface area contributed by atoms with E-state index in [9.17, 15) is 14.3 Å². The SMILES string of the molecule is COCC[C@]1(CO)CCCN(C(=O)c2cc(F)cc(Cl)c2)C1. The number of hydrogen-bond acceptors (Lipinski definition) is 3. The molecule has 1 aromatic carbocycles. The fourth-order valence-corrected chi connectivity index (χ4v) is 3.19. The normalized spacial score (nSPS) is 21.9. The number of aliphatic hydroxyl groups excluding tert-OH is 1. The molecule has 122 valence electrons. The van der Waals surface area contributed by atoms with Gasteiger partial charge in [0.05, 0.1) is 6.61 Å². The van der Waals surface area contributed by atoms with E-state index < -0.39 is 5.82 Å². The summed E-state index contributed by atoms with van der Waals surface area (Å²) in [4.78, 5) is 14.2. The Bertz CT molecular complexity index is 520. The van der Waals surface area contributed by atoms with Gasteiger partial charge in [0.1, 0.15) is 5.82 Å². The topological polar surface area (TPSA) is 49.8 Å². The first kappa shape index (κ1) is 17.2. The lowest BCUT2D eigenvalue weighted by Gasteiger charge is -2.41. The Morgan fingerprint density at radius 3 is 2.91 bits per heavy atom. The van der Waals surface area contributed by atoms with Crippen LogP contribution in [0.2, 0.25) is 5.02 Å². The molecule has 0 unspecified atom stereocenters. The monoisotopic (exact) mass is 329 g/mol. The fraction of sp³-hybridized carbons (Fsp3) is 0.562. The quantitative estimate of drug-likeness (QED) is 0.903. The van der Waals surface area contributed by atoms with Gasteiger partial charge in [-0.3, -0.25) is 4.79 Å². The molecule has 1 aliphatic rings. The zero-order chi connectivity index (χ0) is 16.2. The molecule has 22 heavy (non-hydrogen) atoms. The summed E-state index contributed by atoms with van der Waals surface area (Å²) in [6.45, 7) is 1.58. The Labute approximate surface area is 134 Å². The Morgan fingerprint density at radius 1 is 1.50 bits per heavy atom. The Hall–Kier alpha value is -1.17. The minimum absolute atomic E-state index is 0.00401. The second-order valence-electron chi connectivity index (χ2n) is 5.89. The predicted octanol–water partition coefficient (Wildman–Crippen LogP) is 2.73. The number of amides is 1. The van der Waals surface area contributed by atoms with E-state index in [-0.39, 0.29) is 28.5 Å². The van der Waals surface area contributed by atoms with Crippen LogP contribution in [0, 0.1) is 11.2 Å². The van der Waals surface area contributed by atoms with Crippen LogP contribution in [0.4, 0.5) is 4.39 Å². The highest BCUT2D eigenvalue weighted by Crippen LogP contribution is 2.34. The molecule has 1 aromatic rings. The molecule has 0 radical (unpaired) electrons.